The predicted octanol–water partition coefficient (Wildman–Crippen LogP) is 0.336. The molecule has 0 radical (unpaired) electrons. The zero-order valence-electron chi connectivity index (χ0n) is 11.3. The smallest absolute Gasteiger partial charge is 0.243 e. The Morgan fingerprint density at radius 3 is 2.22 bits per heavy atom. The second-order valence-corrected chi connectivity index (χ2v) is 4.88. The van der Waals surface area contributed by atoms with Crippen molar-refractivity contribution in [3.05, 3.63) is 0 Å². The van der Waals surface area contributed by atoms with Gasteiger partial charge < -0.3 is 15.7 Å². The van der Waals surface area contributed by atoms with Gasteiger partial charge in [-0.25, -0.2) is 0 Å². The van der Waals surface area contributed by atoms with Crippen LogP contribution in [0.5, 0.6) is 0 Å². The highest BCUT2D eigenvalue weighted by molar-refractivity contribution is 7.80. The van der Waals surface area contributed by atoms with Gasteiger partial charge in [-0.1, -0.05) is 13.8 Å². The van der Waals surface area contributed by atoms with Crippen molar-refractivity contribution in [2.45, 2.75) is 39.7 Å². The van der Waals surface area contributed by atoms with Crippen molar-refractivity contribution in [1.82, 2.24) is 10.6 Å². The topological polar surface area (TPSA) is 78.4 Å². The number of aliphatic hydroxyl groups is 1. The first-order chi connectivity index (χ1) is 8.44. The van der Waals surface area contributed by atoms with E-state index in [1.54, 1.807) is 0 Å². The molecule has 0 saturated carbocycles. The molecule has 0 spiro atoms. The lowest BCUT2D eigenvalue weighted by molar-refractivity contribution is -0.127. The lowest BCUT2D eigenvalue weighted by Crippen LogP contribution is -2.50. The third kappa shape index (κ3) is 5.27. The Kier molecular flexibility index (Phi) is 8.02. The standard InChI is InChI=1S/C12H24N2O3S/c1-4-12(5-2,8-15)7-13-11(17)10(6-18)14-9(3)16/h10,15,18H,4-8H2,1-3H3,(H,13,17)(H,14,16). The lowest BCUT2D eigenvalue weighted by Gasteiger charge is -2.30. The van der Waals surface area contributed by atoms with Crippen LogP contribution in [0.25, 0.3) is 0 Å². The maximum Gasteiger partial charge on any atom is 0.243 e. The first-order valence-corrected chi connectivity index (χ1v) is 6.84. The lowest BCUT2D eigenvalue weighted by atomic mass is 9.83. The van der Waals surface area contributed by atoms with Crippen LogP contribution in [0.15, 0.2) is 0 Å². The molecule has 106 valence electrons. The molecule has 0 aliphatic carbocycles. The Hall–Kier alpha value is -0.750. The average Bonchev–Trinajstić information content (AvgIpc) is 2.37. The van der Waals surface area contributed by atoms with Gasteiger partial charge in [-0.2, -0.15) is 12.6 Å². The molecule has 1 atom stereocenters. The fourth-order valence-electron chi connectivity index (χ4n) is 1.62. The zero-order valence-corrected chi connectivity index (χ0v) is 12.2. The number of carbonyl (C=O) groups excluding carboxylic acids is 2. The van der Waals surface area contributed by atoms with Gasteiger partial charge in [-0.05, 0) is 12.8 Å². The van der Waals surface area contributed by atoms with Gasteiger partial charge in [0.2, 0.25) is 11.8 Å². The highest BCUT2D eigenvalue weighted by Crippen LogP contribution is 2.24. The van der Waals surface area contributed by atoms with E-state index < -0.39 is 6.04 Å². The number of rotatable bonds is 8. The minimum absolute atomic E-state index is 0.0337. The van der Waals surface area contributed by atoms with Gasteiger partial charge in [-0.15, -0.1) is 0 Å². The van der Waals surface area contributed by atoms with E-state index >= 15 is 0 Å². The van der Waals surface area contributed by atoms with Gasteiger partial charge >= 0.3 is 0 Å². The number of thiol groups is 1. The third-order valence-corrected chi connectivity index (χ3v) is 3.71. The summed E-state index contributed by atoms with van der Waals surface area (Å²) in [6.07, 6.45) is 1.57. The Morgan fingerprint density at radius 1 is 1.33 bits per heavy atom. The van der Waals surface area contributed by atoms with Crippen molar-refractivity contribution >= 4 is 24.4 Å². The molecule has 0 aromatic carbocycles. The number of hydrogen-bond acceptors (Lipinski definition) is 4. The normalized spacial score (nSPS) is 12.9. The molecular formula is C12H24N2O3S. The highest BCUT2D eigenvalue weighted by atomic mass is 32.1. The third-order valence-electron chi connectivity index (χ3n) is 3.35. The zero-order chi connectivity index (χ0) is 14.2. The number of carbonyl (C=O) groups is 2. The molecule has 5 nitrogen and oxygen atoms in total. The van der Waals surface area contributed by atoms with Crippen LogP contribution in [0.3, 0.4) is 0 Å². The molecule has 1 unspecified atom stereocenters. The maximum absolute atomic E-state index is 11.8. The minimum Gasteiger partial charge on any atom is -0.396 e. The van der Waals surface area contributed by atoms with E-state index in [1.807, 2.05) is 13.8 Å². The maximum atomic E-state index is 11.8. The van der Waals surface area contributed by atoms with Gasteiger partial charge in [-0.3, -0.25) is 9.59 Å². The molecule has 3 N–H and O–H groups in total. The van der Waals surface area contributed by atoms with Crippen LogP contribution in [-0.4, -0.2) is 41.9 Å². The van der Waals surface area contributed by atoms with E-state index in [9.17, 15) is 14.7 Å². The first-order valence-electron chi connectivity index (χ1n) is 6.21. The Labute approximate surface area is 114 Å². The molecule has 0 rings (SSSR count). The fourth-order valence-corrected chi connectivity index (χ4v) is 1.87. The van der Waals surface area contributed by atoms with Gasteiger partial charge in [0, 0.05) is 24.6 Å². The van der Waals surface area contributed by atoms with Crippen molar-refractivity contribution in [2.24, 2.45) is 5.41 Å². The molecule has 2 amide bonds. The second kappa shape index (κ2) is 8.37. The van der Waals surface area contributed by atoms with Crippen LogP contribution < -0.4 is 10.6 Å². The summed E-state index contributed by atoms with van der Waals surface area (Å²) in [5, 5.41) is 14.7. The van der Waals surface area contributed by atoms with Crippen molar-refractivity contribution in [1.29, 1.82) is 0 Å². The van der Waals surface area contributed by atoms with Crippen LogP contribution in [-0.2, 0) is 9.59 Å². The molecule has 0 aromatic rings. The summed E-state index contributed by atoms with van der Waals surface area (Å²) in [6, 6.07) is -0.629. The number of nitrogens with one attached hydrogen (secondary N) is 2. The quantitative estimate of drug-likeness (QED) is 0.483. The van der Waals surface area contributed by atoms with Crippen LogP contribution in [0.1, 0.15) is 33.6 Å². The Bertz CT molecular complexity index is 272. The van der Waals surface area contributed by atoms with Crippen LogP contribution in [0.4, 0.5) is 0 Å². The molecule has 0 aliphatic heterocycles. The van der Waals surface area contributed by atoms with E-state index in [0.717, 1.165) is 12.8 Å². The predicted molar refractivity (Wildman–Crippen MR) is 74.6 cm³/mol. The van der Waals surface area contributed by atoms with Gasteiger partial charge in [0.15, 0.2) is 0 Å². The summed E-state index contributed by atoms with van der Waals surface area (Å²) in [4.78, 5) is 22.8. The largest absolute Gasteiger partial charge is 0.396 e. The van der Waals surface area contributed by atoms with Crippen LogP contribution in [0.2, 0.25) is 0 Å². The van der Waals surface area contributed by atoms with E-state index in [4.69, 9.17) is 0 Å². The summed E-state index contributed by atoms with van der Waals surface area (Å²) < 4.78 is 0. The summed E-state index contributed by atoms with van der Waals surface area (Å²) in [6.45, 7) is 5.76. The Balaban J connectivity index is 4.41. The molecule has 0 fully saturated rings. The van der Waals surface area contributed by atoms with E-state index in [-0.39, 0.29) is 29.6 Å². The number of hydrogen-bond donors (Lipinski definition) is 4. The molecule has 0 heterocycles. The summed E-state index contributed by atoms with van der Waals surface area (Å²) in [5.41, 5.74) is -0.285. The number of aliphatic hydroxyl groups excluding tert-OH is 1. The average molecular weight is 276 g/mol. The summed E-state index contributed by atoms with van der Waals surface area (Å²) >= 11 is 4.04. The molecule has 0 aromatic heterocycles. The first kappa shape index (κ1) is 17.2. The monoisotopic (exact) mass is 276 g/mol. The molecule has 0 saturated heterocycles. The Morgan fingerprint density at radius 2 is 1.89 bits per heavy atom. The fraction of sp³-hybridized carbons (Fsp3) is 0.833. The van der Waals surface area contributed by atoms with Gasteiger partial charge in [0.05, 0.1) is 6.61 Å². The molecule has 0 bridgehead atoms. The summed E-state index contributed by atoms with van der Waals surface area (Å²) in [7, 11) is 0. The van der Waals surface area contributed by atoms with Crippen molar-refractivity contribution in [3.63, 3.8) is 0 Å². The number of amides is 2. The molecule has 6 heteroatoms. The van der Waals surface area contributed by atoms with E-state index in [1.165, 1.54) is 6.92 Å². The van der Waals surface area contributed by atoms with Crippen LogP contribution in [0, 0.1) is 5.41 Å². The van der Waals surface area contributed by atoms with Crippen LogP contribution >= 0.6 is 12.6 Å². The van der Waals surface area contributed by atoms with Crippen molar-refractivity contribution < 1.29 is 14.7 Å². The molecule has 18 heavy (non-hydrogen) atoms. The second-order valence-electron chi connectivity index (χ2n) is 4.52. The minimum atomic E-state index is -0.629. The SMILES string of the molecule is CCC(CC)(CO)CNC(=O)C(CS)NC(C)=O. The van der Waals surface area contributed by atoms with Crippen molar-refractivity contribution in [3.8, 4) is 0 Å². The van der Waals surface area contributed by atoms with E-state index in [0.29, 0.717) is 6.54 Å². The van der Waals surface area contributed by atoms with Gasteiger partial charge in [0.25, 0.3) is 0 Å². The van der Waals surface area contributed by atoms with Gasteiger partial charge in [0.1, 0.15) is 6.04 Å². The molecular weight excluding hydrogens is 252 g/mol. The molecule has 0 aliphatic rings. The summed E-state index contributed by atoms with van der Waals surface area (Å²) in [5.74, 6) is -0.279. The van der Waals surface area contributed by atoms with Crippen molar-refractivity contribution in [2.75, 3.05) is 18.9 Å². The highest BCUT2D eigenvalue weighted by Gasteiger charge is 2.27. The van der Waals surface area contributed by atoms with E-state index in [2.05, 4.69) is 23.3 Å².